The Hall–Kier alpha value is -3.26. The van der Waals surface area contributed by atoms with Crippen LogP contribution in [0.5, 0.6) is 0 Å². The zero-order chi connectivity index (χ0) is 29.1. The number of carbonyl (C=O) groups is 1. The van der Waals surface area contributed by atoms with Crippen molar-refractivity contribution < 1.29 is 27.8 Å². The molecule has 11 nitrogen and oxygen atoms in total. The third-order valence-electron chi connectivity index (χ3n) is 6.97. The van der Waals surface area contributed by atoms with Crippen LogP contribution in [0.4, 0.5) is 0 Å². The summed E-state index contributed by atoms with van der Waals surface area (Å²) in [6.45, 7) is 4.31. The Labute approximate surface area is 241 Å². The average molecular weight is 584 g/mol. The Morgan fingerprint density at radius 3 is 2.20 bits per heavy atom. The normalized spacial score (nSPS) is 17.7. The summed E-state index contributed by atoms with van der Waals surface area (Å²) in [6.07, 6.45) is 4.34. The number of nitrogens with two attached hydrogens (primary N) is 1. The standard InChI is InChI=1S/C29H37N5O6S/c30-41(37,38)26-9-7-23(8-10-26)11-15-34-16-12-27(28(34)29(35)36)40-20-19-39-18-17-33(21-24-5-1-3-13-31-24)22-25-6-2-4-14-32-25/h1-10,13-14,27-28H,11-12,15-22H2,(H,35,36)(H2,30,37,38)/t27?,28-/m0/s1. The number of primary sulfonamides is 1. The number of nitrogens with zero attached hydrogens (tertiary/aromatic N) is 4. The Morgan fingerprint density at radius 1 is 0.976 bits per heavy atom. The van der Waals surface area contributed by atoms with Crippen LogP contribution in [0.2, 0.25) is 0 Å². The molecule has 1 aliphatic heterocycles. The Morgan fingerprint density at radius 2 is 1.63 bits per heavy atom. The molecule has 1 aromatic carbocycles. The highest BCUT2D eigenvalue weighted by Gasteiger charge is 2.39. The van der Waals surface area contributed by atoms with E-state index in [4.69, 9.17) is 14.6 Å². The molecule has 0 aliphatic carbocycles. The van der Waals surface area contributed by atoms with Crippen LogP contribution in [0.1, 0.15) is 23.4 Å². The zero-order valence-corrected chi connectivity index (χ0v) is 23.7. The van der Waals surface area contributed by atoms with Gasteiger partial charge in [-0.1, -0.05) is 24.3 Å². The van der Waals surface area contributed by atoms with Crippen molar-refractivity contribution in [3.8, 4) is 0 Å². The number of aliphatic carboxylic acids is 1. The molecular formula is C29H37N5O6S. The monoisotopic (exact) mass is 583 g/mol. The molecule has 0 amide bonds. The number of hydrogen-bond acceptors (Lipinski definition) is 9. The second-order valence-electron chi connectivity index (χ2n) is 9.92. The third-order valence-corrected chi connectivity index (χ3v) is 7.90. The molecule has 1 aliphatic rings. The summed E-state index contributed by atoms with van der Waals surface area (Å²) in [5.41, 5.74) is 2.84. The van der Waals surface area contributed by atoms with Crippen molar-refractivity contribution in [1.82, 2.24) is 19.8 Å². The number of carboxylic acid groups (broad SMARTS) is 1. The van der Waals surface area contributed by atoms with Crippen molar-refractivity contribution in [3.63, 3.8) is 0 Å². The van der Waals surface area contributed by atoms with Gasteiger partial charge >= 0.3 is 5.97 Å². The molecule has 0 spiro atoms. The van der Waals surface area contributed by atoms with E-state index in [1.54, 1.807) is 24.5 Å². The summed E-state index contributed by atoms with van der Waals surface area (Å²) >= 11 is 0. The molecule has 41 heavy (non-hydrogen) atoms. The van der Waals surface area contributed by atoms with E-state index in [0.717, 1.165) is 17.0 Å². The Bertz CT molecular complexity index is 1290. The first-order chi connectivity index (χ1) is 19.8. The molecule has 1 unspecified atom stereocenters. The number of ether oxygens (including phenoxy) is 2. The van der Waals surface area contributed by atoms with E-state index < -0.39 is 28.1 Å². The highest BCUT2D eigenvalue weighted by Crippen LogP contribution is 2.22. The van der Waals surface area contributed by atoms with Gasteiger partial charge in [-0.2, -0.15) is 0 Å². The number of benzene rings is 1. The first-order valence-corrected chi connectivity index (χ1v) is 15.1. The van der Waals surface area contributed by atoms with Gasteiger partial charge in [-0.15, -0.1) is 0 Å². The zero-order valence-electron chi connectivity index (χ0n) is 22.9. The largest absolute Gasteiger partial charge is 0.480 e. The summed E-state index contributed by atoms with van der Waals surface area (Å²) in [6, 6.07) is 17.3. The predicted molar refractivity (Wildman–Crippen MR) is 152 cm³/mol. The Balaban J connectivity index is 1.20. The van der Waals surface area contributed by atoms with Gasteiger partial charge in [0.05, 0.1) is 42.2 Å². The van der Waals surface area contributed by atoms with Gasteiger partial charge < -0.3 is 14.6 Å². The summed E-state index contributed by atoms with van der Waals surface area (Å²) in [4.78, 5) is 25.1. The Kier molecular flexibility index (Phi) is 11.3. The fourth-order valence-corrected chi connectivity index (χ4v) is 5.41. The number of pyridine rings is 2. The van der Waals surface area contributed by atoms with Crippen LogP contribution < -0.4 is 5.14 Å². The fraction of sp³-hybridized carbons (Fsp3) is 0.414. The molecule has 0 saturated carbocycles. The maximum absolute atomic E-state index is 12.0. The minimum absolute atomic E-state index is 0.0515. The number of sulfonamides is 1. The number of aromatic nitrogens is 2. The summed E-state index contributed by atoms with van der Waals surface area (Å²) in [5, 5.41) is 15.0. The van der Waals surface area contributed by atoms with Crippen molar-refractivity contribution in [2.45, 2.75) is 43.0 Å². The van der Waals surface area contributed by atoms with E-state index in [-0.39, 0.29) is 4.90 Å². The molecule has 0 radical (unpaired) electrons. The molecule has 1 saturated heterocycles. The third kappa shape index (κ3) is 9.66. The quantitative estimate of drug-likeness (QED) is 0.240. The molecule has 2 aromatic heterocycles. The number of likely N-dealkylation sites (tertiary alicyclic amines) is 1. The lowest BCUT2D eigenvalue weighted by Gasteiger charge is -2.25. The second kappa shape index (κ2) is 15.1. The van der Waals surface area contributed by atoms with Gasteiger partial charge in [-0.05, 0) is 54.8 Å². The van der Waals surface area contributed by atoms with Gasteiger partial charge in [-0.3, -0.25) is 24.6 Å². The molecule has 3 N–H and O–H groups in total. The lowest BCUT2D eigenvalue weighted by atomic mass is 10.1. The van der Waals surface area contributed by atoms with E-state index in [1.165, 1.54) is 12.1 Å². The molecule has 3 aromatic rings. The molecule has 0 bridgehead atoms. The first kappa shape index (κ1) is 30.7. The van der Waals surface area contributed by atoms with Gasteiger partial charge in [0.1, 0.15) is 6.04 Å². The maximum atomic E-state index is 12.0. The minimum Gasteiger partial charge on any atom is -0.480 e. The van der Waals surface area contributed by atoms with Crippen molar-refractivity contribution in [2.24, 2.45) is 5.14 Å². The van der Waals surface area contributed by atoms with Gasteiger partial charge in [0.2, 0.25) is 10.0 Å². The van der Waals surface area contributed by atoms with Crippen LogP contribution in [0.25, 0.3) is 0 Å². The van der Waals surface area contributed by atoms with Crippen LogP contribution in [0, 0.1) is 0 Å². The average Bonchev–Trinajstić information content (AvgIpc) is 3.37. The molecular weight excluding hydrogens is 546 g/mol. The summed E-state index contributed by atoms with van der Waals surface area (Å²) < 4.78 is 34.7. The molecule has 3 heterocycles. The van der Waals surface area contributed by atoms with Crippen molar-refractivity contribution in [3.05, 3.63) is 90.0 Å². The lowest BCUT2D eigenvalue weighted by Crippen LogP contribution is -2.44. The van der Waals surface area contributed by atoms with Crippen molar-refractivity contribution in [1.29, 1.82) is 0 Å². The predicted octanol–water partition coefficient (Wildman–Crippen LogP) is 1.93. The van der Waals surface area contributed by atoms with E-state index in [2.05, 4.69) is 14.9 Å². The van der Waals surface area contributed by atoms with Gasteiger partial charge in [0.15, 0.2) is 0 Å². The van der Waals surface area contributed by atoms with Crippen molar-refractivity contribution >= 4 is 16.0 Å². The van der Waals surface area contributed by atoms with E-state index >= 15 is 0 Å². The van der Waals surface area contributed by atoms with Gasteiger partial charge in [-0.25, -0.2) is 13.6 Å². The topological polar surface area (TPSA) is 148 Å². The number of hydrogen-bond donors (Lipinski definition) is 2. The number of rotatable bonds is 16. The maximum Gasteiger partial charge on any atom is 0.323 e. The van der Waals surface area contributed by atoms with Crippen molar-refractivity contribution in [2.75, 3.05) is 39.5 Å². The van der Waals surface area contributed by atoms with Crippen LogP contribution >= 0.6 is 0 Å². The smallest absolute Gasteiger partial charge is 0.323 e. The molecule has 1 fully saturated rings. The lowest BCUT2D eigenvalue weighted by molar-refractivity contribution is -0.146. The highest BCUT2D eigenvalue weighted by molar-refractivity contribution is 7.89. The van der Waals surface area contributed by atoms with E-state index in [0.29, 0.717) is 65.4 Å². The highest BCUT2D eigenvalue weighted by atomic mass is 32.2. The van der Waals surface area contributed by atoms with E-state index in [1.807, 2.05) is 41.3 Å². The molecule has 4 rings (SSSR count). The summed E-state index contributed by atoms with van der Waals surface area (Å²) in [7, 11) is -3.75. The SMILES string of the molecule is NS(=O)(=O)c1ccc(CCN2CCC(OCCOCCN(Cc3ccccn3)Cc3ccccn3)[C@H]2C(=O)O)cc1. The molecule has 2 atom stereocenters. The van der Waals surface area contributed by atoms with Crippen LogP contribution in [-0.4, -0.2) is 90.9 Å². The molecule has 12 heteroatoms. The minimum atomic E-state index is -3.75. The van der Waals surface area contributed by atoms with Gasteiger partial charge in [0.25, 0.3) is 0 Å². The fourth-order valence-electron chi connectivity index (χ4n) is 4.89. The van der Waals surface area contributed by atoms with E-state index in [9.17, 15) is 18.3 Å². The van der Waals surface area contributed by atoms with Crippen LogP contribution in [0.3, 0.4) is 0 Å². The van der Waals surface area contributed by atoms with Gasteiger partial charge in [0, 0.05) is 45.1 Å². The number of carboxylic acids is 1. The summed E-state index contributed by atoms with van der Waals surface area (Å²) in [5.74, 6) is -0.919. The first-order valence-electron chi connectivity index (χ1n) is 13.6. The van der Waals surface area contributed by atoms with Crippen LogP contribution in [-0.2, 0) is 43.8 Å². The second-order valence-corrected chi connectivity index (χ2v) is 11.5. The molecule has 220 valence electrons. The van der Waals surface area contributed by atoms with Crippen LogP contribution in [0.15, 0.2) is 78.0 Å².